The second kappa shape index (κ2) is 7.73. The van der Waals surface area contributed by atoms with Crippen LogP contribution in [-0.2, 0) is 11.3 Å². The second-order valence-electron chi connectivity index (χ2n) is 5.62. The predicted molar refractivity (Wildman–Crippen MR) is 94.2 cm³/mol. The van der Waals surface area contributed by atoms with Gasteiger partial charge in [0.2, 0.25) is 11.9 Å². The molecule has 27 heavy (non-hydrogen) atoms. The molecule has 0 amide bonds. The summed E-state index contributed by atoms with van der Waals surface area (Å²) in [4.78, 5) is 23.9. The van der Waals surface area contributed by atoms with Gasteiger partial charge in [-0.25, -0.2) is 13.6 Å². The highest BCUT2D eigenvalue weighted by Gasteiger charge is 2.15. The second-order valence-corrected chi connectivity index (χ2v) is 5.62. The van der Waals surface area contributed by atoms with Gasteiger partial charge in [-0.15, -0.1) is 0 Å². The van der Waals surface area contributed by atoms with Crippen molar-refractivity contribution in [2.45, 2.75) is 13.5 Å². The topological polar surface area (TPSA) is 103 Å². The first-order valence-electron chi connectivity index (χ1n) is 7.87. The number of hydrogen-bond acceptors (Lipinski definition) is 7. The molecule has 3 rings (SSSR count). The molecule has 0 saturated carbocycles. The zero-order valence-electron chi connectivity index (χ0n) is 14.2. The number of nitrogens with zero attached hydrogens (tertiary/aromatic N) is 3. The Kier molecular flexibility index (Phi) is 5.20. The van der Waals surface area contributed by atoms with E-state index in [9.17, 15) is 13.6 Å². The highest BCUT2D eigenvalue weighted by molar-refractivity contribution is 5.89. The average Bonchev–Trinajstić information content (AvgIpc) is 2.61. The lowest BCUT2D eigenvalue weighted by Gasteiger charge is -2.08. The predicted octanol–water partition coefficient (Wildman–Crippen LogP) is 3.14. The van der Waals surface area contributed by atoms with Crippen LogP contribution in [0.5, 0.6) is 0 Å². The molecule has 138 valence electrons. The number of rotatable bonds is 5. The van der Waals surface area contributed by atoms with Gasteiger partial charge in [-0.2, -0.15) is 15.0 Å². The van der Waals surface area contributed by atoms with E-state index in [1.54, 1.807) is 0 Å². The number of nitrogens with two attached hydrogens (primary N) is 1. The number of carbonyl (C=O) groups is 1. The van der Waals surface area contributed by atoms with Crippen LogP contribution in [0.4, 0.5) is 26.4 Å². The number of aromatic nitrogens is 3. The van der Waals surface area contributed by atoms with Gasteiger partial charge >= 0.3 is 5.97 Å². The fraction of sp³-hybridized carbons (Fsp3) is 0.111. The molecule has 7 nitrogen and oxygen atoms in total. The van der Waals surface area contributed by atoms with Crippen LogP contribution < -0.4 is 11.1 Å². The average molecular weight is 371 g/mol. The maximum Gasteiger partial charge on any atom is 0.341 e. The van der Waals surface area contributed by atoms with E-state index >= 15 is 0 Å². The fourth-order valence-corrected chi connectivity index (χ4v) is 2.19. The van der Waals surface area contributed by atoms with E-state index in [1.165, 1.54) is 0 Å². The molecule has 0 radical (unpaired) electrons. The standard InChI is InChI=1S/C18H15F2N5O2/c1-10-2-5-12(6-3-10)22-18-24-15(23-17(21)25-18)9-27-16(26)13-7-4-11(19)8-14(13)20/h2-8H,9H2,1H3,(H3,21,22,23,24,25). The van der Waals surface area contributed by atoms with Gasteiger partial charge in [0.1, 0.15) is 11.6 Å². The number of anilines is 3. The lowest BCUT2D eigenvalue weighted by atomic mass is 10.2. The summed E-state index contributed by atoms with van der Waals surface area (Å²) in [6.45, 7) is 1.60. The minimum Gasteiger partial charge on any atom is -0.454 e. The van der Waals surface area contributed by atoms with E-state index in [0.29, 0.717) is 6.07 Å². The molecule has 0 aliphatic rings. The molecule has 0 spiro atoms. The van der Waals surface area contributed by atoms with Gasteiger partial charge in [-0.05, 0) is 31.2 Å². The summed E-state index contributed by atoms with van der Waals surface area (Å²) >= 11 is 0. The summed E-state index contributed by atoms with van der Waals surface area (Å²) in [6.07, 6.45) is 0. The van der Waals surface area contributed by atoms with Crippen LogP contribution in [0.1, 0.15) is 21.7 Å². The number of halogens is 2. The maximum atomic E-state index is 13.6. The summed E-state index contributed by atoms with van der Waals surface area (Å²) in [5, 5.41) is 2.96. The van der Waals surface area contributed by atoms with Gasteiger partial charge in [0.25, 0.3) is 0 Å². The first-order chi connectivity index (χ1) is 12.9. The van der Waals surface area contributed by atoms with Crippen LogP contribution in [0.3, 0.4) is 0 Å². The molecule has 2 aromatic carbocycles. The maximum absolute atomic E-state index is 13.6. The SMILES string of the molecule is Cc1ccc(Nc2nc(N)nc(COC(=O)c3ccc(F)cc3F)n2)cc1. The number of hydrogen-bond donors (Lipinski definition) is 2. The smallest absolute Gasteiger partial charge is 0.341 e. The molecule has 0 aliphatic heterocycles. The molecule has 1 aromatic heterocycles. The molecule has 3 aromatic rings. The fourth-order valence-electron chi connectivity index (χ4n) is 2.19. The van der Waals surface area contributed by atoms with Crippen LogP contribution in [0, 0.1) is 18.6 Å². The Hall–Kier alpha value is -3.62. The Bertz CT molecular complexity index is 980. The summed E-state index contributed by atoms with van der Waals surface area (Å²) in [7, 11) is 0. The van der Waals surface area contributed by atoms with Crippen molar-refractivity contribution in [3.63, 3.8) is 0 Å². The monoisotopic (exact) mass is 371 g/mol. The minimum absolute atomic E-state index is 0.0707. The number of aryl methyl sites for hydroxylation is 1. The van der Waals surface area contributed by atoms with Crippen LogP contribution >= 0.6 is 0 Å². The molecule has 1 heterocycles. The Morgan fingerprint density at radius 2 is 1.85 bits per heavy atom. The number of carbonyl (C=O) groups excluding carboxylic acids is 1. The summed E-state index contributed by atoms with van der Waals surface area (Å²) < 4.78 is 31.5. The van der Waals surface area contributed by atoms with E-state index in [2.05, 4.69) is 20.3 Å². The zero-order chi connectivity index (χ0) is 19.4. The van der Waals surface area contributed by atoms with Crippen molar-refractivity contribution in [3.05, 3.63) is 71.1 Å². The molecule has 0 atom stereocenters. The van der Waals surface area contributed by atoms with E-state index in [-0.39, 0.29) is 24.3 Å². The van der Waals surface area contributed by atoms with Crippen molar-refractivity contribution in [1.29, 1.82) is 0 Å². The van der Waals surface area contributed by atoms with Gasteiger partial charge in [-0.3, -0.25) is 0 Å². The van der Waals surface area contributed by atoms with E-state index < -0.39 is 23.2 Å². The normalized spacial score (nSPS) is 10.5. The molecule has 0 unspecified atom stereocenters. The van der Waals surface area contributed by atoms with Crippen molar-refractivity contribution in [2.24, 2.45) is 0 Å². The molecule has 0 bridgehead atoms. The number of esters is 1. The first-order valence-corrected chi connectivity index (χ1v) is 7.87. The highest BCUT2D eigenvalue weighted by Crippen LogP contribution is 2.15. The number of nitrogen functional groups attached to an aromatic ring is 1. The number of benzene rings is 2. The van der Waals surface area contributed by atoms with Gasteiger partial charge in [0.05, 0.1) is 5.56 Å². The largest absolute Gasteiger partial charge is 0.454 e. The first kappa shape index (κ1) is 18.2. The van der Waals surface area contributed by atoms with Crippen LogP contribution in [0.2, 0.25) is 0 Å². The van der Waals surface area contributed by atoms with Crippen LogP contribution in [0.25, 0.3) is 0 Å². The van der Waals surface area contributed by atoms with Crippen molar-refractivity contribution in [1.82, 2.24) is 15.0 Å². The Morgan fingerprint density at radius 3 is 2.56 bits per heavy atom. The third-order valence-electron chi connectivity index (χ3n) is 3.49. The molecule has 9 heteroatoms. The van der Waals surface area contributed by atoms with Crippen molar-refractivity contribution < 1.29 is 18.3 Å². The zero-order valence-corrected chi connectivity index (χ0v) is 14.2. The summed E-state index contributed by atoms with van der Waals surface area (Å²) in [5.74, 6) is -2.60. The third-order valence-corrected chi connectivity index (χ3v) is 3.49. The van der Waals surface area contributed by atoms with E-state index in [4.69, 9.17) is 10.5 Å². The number of ether oxygens (including phenoxy) is 1. The van der Waals surface area contributed by atoms with Crippen molar-refractivity contribution in [2.75, 3.05) is 11.1 Å². The van der Waals surface area contributed by atoms with Gasteiger partial charge < -0.3 is 15.8 Å². The highest BCUT2D eigenvalue weighted by atomic mass is 19.1. The van der Waals surface area contributed by atoms with Gasteiger partial charge in [-0.1, -0.05) is 17.7 Å². The molecule has 0 aliphatic carbocycles. The van der Waals surface area contributed by atoms with E-state index in [0.717, 1.165) is 23.4 Å². The van der Waals surface area contributed by atoms with Gasteiger partial charge in [0.15, 0.2) is 12.4 Å². The van der Waals surface area contributed by atoms with Crippen LogP contribution in [0.15, 0.2) is 42.5 Å². The summed E-state index contributed by atoms with van der Waals surface area (Å²) in [5.41, 5.74) is 7.09. The quantitative estimate of drug-likeness (QED) is 0.664. The molecule has 0 fully saturated rings. The Morgan fingerprint density at radius 1 is 1.11 bits per heavy atom. The molecule has 3 N–H and O–H groups in total. The third kappa shape index (κ3) is 4.72. The molecular formula is C18H15F2N5O2. The molecule has 0 saturated heterocycles. The lowest BCUT2D eigenvalue weighted by molar-refractivity contribution is 0.0456. The minimum atomic E-state index is -1.02. The van der Waals surface area contributed by atoms with Gasteiger partial charge in [0, 0.05) is 11.8 Å². The number of nitrogens with one attached hydrogen (secondary N) is 1. The van der Waals surface area contributed by atoms with Crippen LogP contribution in [-0.4, -0.2) is 20.9 Å². The lowest BCUT2D eigenvalue weighted by Crippen LogP contribution is -2.12. The Labute approximate surface area is 153 Å². The Balaban J connectivity index is 1.70. The van der Waals surface area contributed by atoms with Crippen molar-refractivity contribution in [3.8, 4) is 0 Å². The van der Waals surface area contributed by atoms with E-state index in [1.807, 2.05) is 31.2 Å². The summed E-state index contributed by atoms with van der Waals surface area (Å²) in [6, 6.07) is 10.1. The van der Waals surface area contributed by atoms with Crippen molar-refractivity contribution >= 4 is 23.6 Å². The molecular weight excluding hydrogens is 356 g/mol.